The van der Waals surface area contributed by atoms with Crippen molar-refractivity contribution < 1.29 is 9.47 Å². The van der Waals surface area contributed by atoms with E-state index in [0.717, 1.165) is 43.2 Å². The first-order valence-electron chi connectivity index (χ1n) is 8.10. The van der Waals surface area contributed by atoms with E-state index in [9.17, 15) is 0 Å². The molecule has 3 heterocycles. The molecule has 0 aliphatic carbocycles. The number of hydrogen-bond acceptors (Lipinski definition) is 5. The molecule has 1 saturated heterocycles. The van der Waals surface area contributed by atoms with Gasteiger partial charge in [0, 0.05) is 25.3 Å². The molecule has 0 radical (unpaired) electrons. The van der Waals surface area contributed by atoms with Gasteiger partial charge in [0.25, 0.3) is 0 Å². The van der Waals surface area contributed by atoms with Crippen LogP contribution < -0.4 is 20.1 Å². The van der Waals surface area contributed by atoms with Gasteiger partial charge < -0.3 is 20.1 Å². The molecule has 0 bridgehead atoms. The molecular formula is C18H21N3O2. The molecule has 2 atom stereocenters. The van der Waals surface area contributed by atoms with Gasteiger partial charge >= 0.3 is 0 Å². The van der Waals surface area contributed by atoms with Crippen LogP contribution in [0.5, 0.6) is 11.5 Å². The van der Waals surface area contributed by atoms with Crippen LogP contribution in [0.15, 0.2) is 42.6 Å². The predicted molar refractivity (Wildman–Crippen MR) is 88.8 cm³/mol. The number of nitrogens with two attached hydrogens (primary N) is 1. The molecule has 0 saturated carbocycles. The number of nitrogens with zero attached hydrogens (tertiary/aromatic N) is 2. The second-order valence-electron chi connectivity index (χ2n) is 6.20. The quantitative estimate of drug-likeness (QED) is 0.941. The zero-order chi connectivity index (χ0) is 15.6. The molecule has 5 heteroatoms. The summed E-state index contributed by atoms with van der Waals surface area (Å²) >= 11 is 0. The van der Waals surface area contributed by atoms with Crippen LogP contribution >= 0.6 is 0 Å². The standard InChI is InChI=1S/C18H21N3O2/c19-15-7-9-21(17-6-1-2-8-20-17)11-14(15)10-13-4-3-5-16-18(13)23-12-22-16/h1-6,8,14-15H,7,9-12,19H2. The molecular weight excluding hydrogens is 290 g/mol. The summed E-state index contributed by atoms with van der Waals surface area (Å²) in [6.07, 6.45) is 3.72. The van der Waals surface area contributed by atoms with Crippen molar-refractivity contribution in [2.45, 2.75) is 18.9 Å². The third kappa shape index (κ3) is 2.84. The molecule has 2 N–H and O–H groups in total. The van der Waals surface area contributed by atoms with Crippen LogP contribution in [0, 0.1) is 5.92 Å². The second-order valence-corrected chi connectivity index (χ2v) is 6.20. The number of rotatable bonds is 3. The van der Waals surface area contributed by atoms with E-state index in [4.69, 9.17) is 15.2 Å². The van der Waals surface area contributed by atoms with E-state index in [1.807, 2.05) is 30.5 Å². The molecule has 2 unspecified atom stereocenters. The molecule has 4 rings (SSSR count). The molecule has 0 amide bonds. The van der Waals surface area contributed by atoms with Crippen molar-refractivity contribution in [2.24, 2.45) is 11.7 Å². The zero-order valence-electron chi connectivity index (χ0n) is 13.0. The number of pyridine rings is 1. The Morgan fingerprint density at radius 3 is 3.00 bits per heavy atom. The Balaban J connectivity index is 1.53. The van der Waals surface area contributed by atoms with Crippen molar-refractivity contribution in [3.63, 3.8) is 0 Å². The largest absolute Gasteiger partial charge is 0.454 e. The van der Waals surface area contributed by atoms with E-state index in [1.54, 1.807) is 0 Å². The average molecular weight is 311 g/mol. The smallest absolute Gasteiger partial charge is 0.231 e. The van der Waals surface area contributed by atoms with Gasteiger partial charge in [-0.3, -0.25) is 0 Å². The number of piperidine rings is 1. The summed E-state index contributed by atoms with van der Waals surface area (Å²) in [7, 11) is 0. The Labute approximate surface area is 136 Å². The number of hydrogen-bond donors (Lipinski definition) is 1. The van der Waals surface area contributed by atoms with Crippen LogP contribution in [0.4, 0.5) is 5.82 Å². The Morgan fingerprint density at radius 1 is 1.17 bits per heavy atom. The van der Waals surface area contributed by atoms with Crippen LogP contribution in [-0.4, -0.2) is 30.9 Å². The van der Waals surface area contributed by atoms with E-state index in [0.29, 0.717) is 12.7 Å². The van der Waals surface area contributed by atoms with Gasteiger partial charge in [0.1, 0.15) is 5.82 Å². The maximum atomic E-state index is 6.39. The van der Waals surface area contributed by atoms with Gasteiger partial charge in [0.05, 0.1) is 0 Å². The first kappa shape index (κ1) is 14.3. The van der Waals surface area contributed by atoms with E-state index >= 15 is 0 Å². The summed E-state index contributed by atoms with van der Waals surface area (Å²) in [6, 6.07) is 12.3. The molecule has 120 valence electrons. The minimum Gasteiger partial charge on any atom is -0.454 e. The van der Waals surface area contributed by atoms with Crippen molar-refractivity contribution in [3.05, 3.63) is 48.2 Å². The first-order chi connectivity index (χ1) is 11.3. The summed E-state index contributed by atoms with van der Waals surface area (Å²) < 4.78 is 11.1. The molecule has 23 heavy (non-hydrogen) atoms. The molecule has 2 aliphatic rings. The fraction of sp³-hybridized carbons (Fsp3) is 0.389. The van der Waals surface area contributed by atoms with Gasteiger partial charge in [-0.1, -0.05) is 18.2 Å². The van der Waals surface area contributed by atoms with Crippen LogP contribution in [-0.2, 0) is 6.42 Å². The topological polar surface area (TPSA) is 60.6 Å². The highest BCUT2D eigenvalue weighted by Gasteiger charge is 2.29. The molecule has 0 spiro atoms. The minimum absolute atomic E-state index is 0.202. The molecule has 5 nitrogen and oxygen atoms in total. The summed E-state index contributed by atoms with van der Waals surface area (Å²) in [6.45, 7) is 2.19. The van der Waals surface area contributed by atoms with Crippen LogP contribution in [0.25, 0.3) is 0 Å². The van der Waals surface area contributed by atoms with E-state index in [1.165, 1.54) is 5.56 Å². The number of benzene rings is 1. The summed E-state index contributed by atoms with van der Waals surface area (Å²) in [4.78, 5) is 6.80. The van der Waals surface area contributed by atoms with Crippen LogP contribution in [0.3, 0.4) is 0 Å². The summed E-state index contributed by atoms with van der Waals surface area (Å²) in [5.74, 6) is 3.13. The van der Waals surface area contributed by atoms with E-state index in [2.05, 4.69) is 22.0 Å². The van der Waals surface area contributed by atoms with Crippen molar-refractivity contribution >= 4 is 5.82 Å². The third-order valence-electron chi connectivity index (χ3n) is 4.73. The maximum absolute atomic E-state index is 6.39. The lowest BCUT2D eigenvalue weighted by Crippen LogP contribution is -2.48. The highest BCUT2D eigenvalue weighted by Crippen LogP contribution is 2.37. The van der Waals surface area contributed by atoms with E-state index in [-0.39, 0.29) is 6.04 Å². The van der Waals surface area contributed by atoms with Gasteiger partial charge in [-0.2, -0.15) is 0 Å². The lowest BCUT2D eigenvalue weighted by molar-refractivity contribution is 0.173. The number of anilines is 1. The lowest BCUT2D eigenvalue weighted by atomic mass is 9.87. The average Bonchev–Trinajstić information content (AvgIpc) is 3.07. The minimum atomic E-state index is 0.202. The zero-order valence-corrected chi connectivity index (χ0v) is 13.0. The van der Waals surface area contributed by atoms with Crippen molar-refractivity contribution in [3.8, 4) is 11.5 Å². The fourth-order valence-corrected chi connectivity index (χ4v) is 3.45. The van der Waals surface area contributed by atoms with Crippen molar-refractivity contribution in [1.29, 1.82) is 0 Å². The number of fused-ring (bicyclic) bond motifs is 1. The third-order valence-corrected chi connectivity index (χ3v) is 4.73. The summed E-state index contributed by atoms with van der Waals surface area (Å²) in [5, 5.41) is 0. The first-order valence-corrected chi connectivity index (χ1v) is 8.10. The number of para-hydroxylation sites is 1. The van der Waals surface area contributed by atoms with Crippen LogP contribution in [0.1, 0.15) is 12.0 Å². The van der Waals surface area contributed by atoms with Gasteiger partial charge in [-0.15, -0.1) is 0 Å². The monoisotopic (exact) mass is 311 g/mol. The Bertz CT molecular complexity index is 677. The maximum Gasteiger partial charge on any atom is 0.231 e. The molecule has 2 aromatic rings. The normalized spacial score (nSPS) is 23.1. The number of ether oxygens (including phenoxy) is 2. The molecule has 1 fully saturated rings. The van der Waals surface area contributed by atoms with Gasteiger partial charge in [0.2, 0.25) is 6.79 Å². The van der Waals surface area contributed by atoms with E-state index < -0.39 is 0 Å². The Kier molecular flexibility index (Phi) is 3.79. The molecule has 1 aromatic heterocycles. The van der Waals surface area contributed by atoms with Crippen LogP contribution in [0.2, 0.25) is 0 Å². The SMILES string of the molecule is NC1CCN(c2ccccn2)CC1Cc1cccc2c1OCO2. The molecule has 2 aliphatic heterocycles. The van der Waals surface area contributed by atoms with Gasteiger partial charge in [0.15, 0.2) is 11.5 Å². The molecule has 1 aromatic carbocycles. The predicted octanol–water partition coefficient (Wildman–Crippen LogP) is 2.21. The second kappa shape index (κ2) is 6.08. The summed E-state index contributed by atoms with van der Waals surface area (Å²) in [5.41, 5.74) is 7.58. The Hall–Kier alpha value is -2.27. The lowest BCUT2D eigenvalue weighted by Gasteiger charge is -2.37. The Morgan fingerprint density at radius 2 is 2.13 bits per heavy atom. The van der Waals surface area contributed by atoms with Gasteiger partial charge in [-0.05, 0) is 42.5 Å². The highest BCUT2D eigenvalue weighted by molar-refractivity contribution is 5.48. The van der Waals surface area contributed by atoms with Gasteiger partial charge in [-0.25, -0.2) is 4.98 Å². The number of aromatic nitrogens is 1. The fourth-order valence-electron chi connectivity index (χ4n) is 3.45. The highest BCUT2D eigenvalue weighted by atomic mass is 16.7. The van der Waals surface area contributed by atoms with Crippen molar-refractivity contribution in [2.75, 3.05) is 24.8 Å². The van der Waals surface area contributed by atoms with Crippen molar-refractivity contribution in [1.82, 2.24) is 4.98 Å².